The van der Waals surface area contributed by atoms with Gasteiger partial charge in [0.1, 0.15) is 11.3 Å². The number of aromatic nitrogens is 3. The topological polar surface area (TPSA) is 85.6 Å². The van der Waals surface area contributed by atoms with Crippen molar-refractivity contribution in [2.24, 2.45) is 5.73 Å². The smallest absolute Gasteiger partial charge is 0.278 e. The molecule has 0 fully saturated rings. The highest BCUT2D eigenvalue weighted by Crippen LogP contribution is 2.13. The summed E-state index contributed by atoms with van der Waals surface area (Å²) < 4.78 is 3.36. The summed E-state index contributed by atoms with van der Waals surface area (Å²) in [5, 5.41) is 5.30. The van der Waals surface area contributed by atoms with E-state index in [1.54, 1.807) is 45.6 Å². The third kappa shape index (κ3) is 6.51. The monoisotopic (exact) mass is 513 g/mol. The summed E-state index contributed by atoms with van der Waals surface area (Å²) in [4.78, 5) is 28.1. The lowest BCUT2D eigenvalue weighted by atomic mass is 10.1. The predicted octanol–water partition coefficient (Wildman–Crippen LogP) is 4.04. The third-order valence-electron chi connectivity index (χ3n) is 5.75. The molecule has 0 radical (unpaired) electrons. The highest BCUT2D eigenvalue weighted by atomic mass is 35.5. The number of hydrogen-bond acceptors (Lipinski definition) is 4. The number of carbonyl (C=O) groups excluding carboxylic acids is 1. The molecule has 2 N–H and O–H groups in total. The fraction of sp³-hybridized carbons (Fsp3) is 0.269. The van der Waals surface area contributed by atoms with Crippen LogP contribution in [0, 0.1) is 0 Å². The van der Waals surface area contributed by atoms with Crippen LogP contribution in [0.4, 0.5) is 0 Å². The van der Waals surface area contributed by atoms with Crippen molar-refractivity contribution in [3.8, 4) is 0 Å². The quantitative estimate of drug-likeness (QED) is 0.346. The van der Waals surface area contributed by atoms with E-state index in [4.69, 9.17) is 22.4 Å². The molecule has 4 aromatic rings. The molecule has 0 unspecified atom stereocenters. The minimum Gasteiger partial charge on any atom is -0.339 e. The number of fused-ring (bicyclic) bond motifs is 1. The number of aryl methyl sites for hydroxylation is 1. The van der Waals surface area contributed by atoms with Crippen molar-refractivity contribution in [2.75, 3.05) is 19.6 Å². The van der Waals surface area contributed by atoms with E-state index in [1.165, 1.54) is 0 Å². The zero-order chi connectivity index (χ0) is 23.9. The van der Waals surface area contributed by atoms with Gasteiger partial charge < -0.3 is 10.6 Å². The second-order valence-electron chi connectivity index (χ2n) is 8.18. The van der Waals surface area contributed by atoms with Crippen molar-refractivity contribution in [2.45, 2.75) is 25.8 Å². The van der Waals surface area contributed by atoms with Crippen LogP contribution in [0.5, 0.6) is 0 Å². The summed E-state index contributed by atoms with van der Waals surface area (Å²) in [7, 11) is 0. The first-order chi connectivity index (χ1) is 16.6. The van der Waals surface area contributed by atoms with Crippen molar-refractivity contribution in [1.82, 2.24) is 19.1 Å². The number of nitrogens with zero attached hydrogens (tertiary/aromatic N) is 4. The van der Waals surface area contributed by atoms with Crippen LogP contribution in [0.1, 0.15) is 34.6 Å². The van der Waals surface area contributed by atoms with Gasteiger partial charge >= 0.3 is 0 Å². The molecule has 0 atom stereocenters. The number of amides is 1. The molecular formula is C26H29Cl2N5O2. The number of halogens is 2. The minimum atomic E-state index is -0.0731. The van der Waals surface area contributed by atoms with E-state index in [9.17, 15) is 9.59 Å². The number of rotatable bonds is 10. The molecule has 0 spiro atoms. The van der Waals surface area contributed by atoms with Gasteiger partial charge in [0.15, 0.2) is 0 Å². The summed E-state index contributed by atoms with van der Waals surface area (Å²) in [6, 6.07) is 20.4. The molecule has 1 amide bonds. The SMILES string of the molecule is Cl.NCCCN(CCCc1nn2cccc2c(=O)n1Cc1ccccc1)C(=O)c1ccc(Cl)cc1. The second-order valence-corrected chi connectivity index (χ2v) is 8.61. The fourth-order valence-electron chi connectivity index (χ4n) is 3.98. The Morgan fingerprint density at radius 3 is 2.40 bits per heavy atom. The summed E-state index contributed by atoms with van der Waals surface area (Å²) >= 11 is 5.97. The molecular weight excluding hydrogens is 485 g/mol. The number of benzene rings is 2. The molecule has 2 heterocycles. The zero-order valence-electron chi connectivity index (χ0n) is 19.3. The number of nitrogens with two attached hydrogens (primary N) is 1. The largest absolute Gasteiger partial charge is 0.339 e. The molecule has 2 aromatic heterocycles. The number of carbonyl (C=O) groups is 1. The molecule has 4 rings (SSSR count). The van der Waals surface area contributed by atoms with Gasteiger partial charge in [0.2, 0.25) is 0 Å². The lowest BCUT2D eigenvalue weighted by Gasteiger charge is -2.23. The summed E-state index contributed by atoms with van der Waals surface area (Å²) in [5.41, 5.74) is 7.80. The van der Waals surface area contributed by atoms with Crippen molar-refractivity contribution in [3.63, 3.8) is 0 Å². The van der Waals surface area contributed by atoms with E-state index in [-0.39, 0.29) is 23.9 Å². The van der Waals surface area contributed by atoms with Crippen LogP contribution in [0.3, 0.4) is 0 Å². The van der Waals surface area contributed by atoms with E-state index in [0.29, 0.717) is 67.4 Å². The molecule has 7 nitrogen and oxygen atoms in total. The Morgan fingerprint density at radius 2 is 1.69 bits per heavy atom. The first-order valence-electron chi connectivity index (χ1n) is 11.4. The standard InChI is InChI=1S/C26H28ClN5O2.ClH/c27-22-13-11-21(12-14-22)25(33)30(17-6-15-28)16-5-10-24-29-32-18-4-9-23(32)26(34)31(24)19-20-7-2-1-3-8-20;/h1-4,7-9,11-14,18H,5-6,10,15-17,19,28H2;1H. The first-order valence-corrected chi connectivity index (χ1v) is 11.8. The second kappa shape index (κ2) is 12.5. The maximum absolute atomic E-state index is 13.2. The van der Waals surface area contributed by atoms with Crippen molar-refractivity contribution >= 4 is 35.4 Å². The zero-order valence-corrected chi connectivity index (χ0v) is 20.9. The van der Waals surface area contributed by atoms with Crippen molar-refractivity contribution < 1.29 is 4.79 Å². The molecule has 0 saturated carbocycles. The molecule has 0 saturated heterocycles. The van der Waals surface area contributed by atoms with Crippen molar-refractivity contribution in [1.29, 1.82) is 0 Å². The minimum absolute atomic E-state index is 0. The molecule has 9 heteroatoms. The maximum atomic E-state index is 13.2. The van der Waals surface area contributed by atoms with Gasteiger partial charge in [-0.15, -0.1) is 12.4 Å². The molecule has 184 valence electrons. The average molecular weight is 514 g/mol. The molecule has 35 heavy (non-hydrogen) atoms. The average Bonchev–Trinajstić information content (AvgIpc) is 3.33. The number of hydrogen-bond donors (Lipinski definition) is 1. The van der Waals surface area contributed by atoms with E-state index in [0.717, 1.165) is 5.56 Å². The molecule has 0 bridgehead atoms. The van der Waals surface area contributed by atoms with Gasteiger partial charge in [0, 0.05) is 36.3 Å². The highest BCUT2D eigenvalue weighted by Gasteiger charge is 2.17. The Morgan fingerprint density at radius 1 is 0.971 bits per heavy atom. The van der Waals surface area contributed by atoms with Gasteiger partial charge in [0.05, 0.1) is 6.54 Å². The molecule has 0 aliphatic carbocycles. The highest BCUT2D eigenvalue weighted by molar-refractivity contribution is 6.30. The van der Waals surface area contributed by atoms with E-state index in [2.05, 4.69) is 0 Å². The van der Waals surface area contributed by atoms with Gasteiger partial charge in [0.25, 0.3) is 11.5 Å². The summed E-state index contributed by atoms with van der Waals surface area (Å²) in [6.07, 6.45) is 3.72. The Balaban J connectivity index is 0.00000342. The Hall–Kier alpha value is -3.13. The van der Waals surface area contributed by atoms with Crippen LogP contribution in [0.15, 0.2) is 77.7 Å². The van der Waals surface area contributed by atoms with Crippen LogP contribution in [0.25, 0.3) is 5.52 Å². The Kier molecular flexibility index (Phi) is 9.48. The molecule has 0 aliphatic heterocycles. The van der Waals surface area contributed by atoms with E-state index < -0.39 is 0 Å². The summed E-state index contributed by atoms with van der Waals surface area (Å²) in [5.74, 6) is 0.635. The first kappa shape index (κ1) is 26.5. The maximum Gasteiger partial charge on any atom is 0.278 e. The van der Waals surface area contributed by atoms with Gasteiger partial charge in [-0.2, -0.15) is 5.10 Å². The summed E-state index contributed by atoms with van der Waals surface area (Å²) in [6.45, 7) is 2.06. The fourth-order valence-corrected chi connectivity index (χ4v) is 4.10. The van der Waals surface area contributed by atoms with Gasteiger partial charge in [-0.1, -0.05) is 41.9 Å². The van der Waals surface area contributed by atoms with E-state index in [1.807, 2.05) is 41.3 Å². The predicted molar refractivity (Wildman–Crippen MR) is 142 cm³/mol. The van der Waals surface area contributed by atoms with Crippen LogP contribution in [-0.2, 0) is 13.0 Å². The lowest BCUT2D eigenvalue weighted by molar-refractivity contribution is 0.0752. The Bertz CT molecular complexity index is 1300. The van der Waals surface area contributed by atoms with Gasteiger partial charge in [-0.05, 0) is 61.3 Å². The van der Waals surface area contributed by atoms with Crippen molar-refractivity contribution in [3.05, 3.63) is 105 Å². The molecule has 2 aromatic carbocycles. The normalized spacial score (nSPS) is 10.8. The van der Waals surface area contributed by atoms with E-state index >= 15 is 0 Å². The molecule has 0 aliphatic rings. The Labute approximate surface area is 215 Å². The lowest BCUT2D eigenvalue weighted by Crippen LogP contribution is -2.34. The van der Waals surface area contributed by atoms with Gasteiger partial charge in [-0.25, -0.2) is 4.52 Å². The van der Waals surface area contributed by atoms with Crippen LogP contribution >= 0.6 is 24.0 Å². The van der Waals surface area contributed by atoms with Crippen LogP contribution in [0.2, 0.25) is 5.02 Å². The van der Waals surface area contributed by atoms with Crippen LogP contribution < -0.4 is 11.3 Å². The van der Waals surface area contributed by atoms with Crippen LogP contribution in [-0.4, -0.2) is 44.6 Å². The third-order valence-corrected chi connectivity index (χ3v) is 6.00. The van der Waals surface area contributed by atoms with Gasteiger partial charge in [-0.3, -0.25) is 14.2 Å².